The molecule has 1 N–H and O–H groups in total. The monoisotopic (exact) mass is 360 g/mol. The Hall–Kier alpha value is -3.35. The van der Waals surface area contributed by atoms with Crippen LogP contribution in [-0.4, -0.2) is 43.8 Å². The molecule has 1 aliphatic rings. The van der Waals surface area contributed by atoms with Crippen LogP contribution in [0.25, 0.3) is 0 Å². The highest BCUT2D eigenvalue weighted by Crippen LogP contribution is 2.28. The van der Waals surface area contributed by atoms with Gasteiger partial charge in [0.1, 0.15) is 5.82 Å². The molecule has 136 valence electrons. The first-order valence-corrected chi connectivity index (χ1v) is 9.00. The molecule has 0 bridgehead atoms. The van der Waals surface area contributed by atoms with Crippen molar-refractivity contribution in [1.29, 1.82) is 0 Å². The number of nitrogens with one attached hydrogen (secondary N) is 1. The third-order valence-electron chi connectivity index (χ3n) is 4.69. The van der Waals surface area contributed by atoms with Gasteiger partial charge in [0.05, 0.1) is 5.56 Å². The summed E-state index contributed by atoms with van der Waals surface area (Å²) in [6, 6.07) is 11.2. The molecule has 0 atom stereocenters. The first kappa shape index (κ1) is 17.1. The number of hydrogen-bond acceptors (Lipinski definition) is 6. The van der Waals surface area contributed by atoms with E-state index in [0.717, 1.165) is 18.5 Å². The molecule has 4 rings (SSSR count). The number of pyridine rings is 2. The van der Waals surface area contributed by atoms with E-state index in [9.17, 15) is 4.79 Å². The highest BCUT2D eigenvalue weighted by atomic mass is 16.2. The molecule has 4 heterocycles. The quantitative estimate of drug-likeness (QED) is 0.770. The molecule has 3 aromatic rings. The minimum absolute atomic E-state index is 0.0433. The number of piperidine rings is 1. The van der Waals surface area contributed by atoms with E-state index in [2.05, 4.69) is 25.3 Å². The van der Waals surface area contributed by atoms with Gasteiger partial charge in [0.2, 0.25) is 5.95 Å². The fraction of sp³-hybridized carbons (Fsp3) is 0.250. The highest BCUT2D eigenvalue weighted by molar-refractivity contribution is 5.93. The smallest absolute Gasteiger partial charge is 0.255 e. The maximum absolute atomic E-state index is 12.5. The van der Waals surface area contributed by atoms with E-state index in [1.54, 1.807) is 36.9 Å². The summed E-state index contributed by atoms with van der Waals surface area (Å²) in [5.74, 6) is 1.61. The van der Waals surface area contributed by atoms with Crippen LogP contribution in [0.4, 0.5) is 11.8 Å². The van der Waals surface area contributed by atoms with E-state index < -0.39 is 0 Å². The topological polar surface area (TPSA) is 83.9 Å². The summed E-state index contributed by atoms with van der Waals surface area (Å²) in [4.78, 5) is 31.6. The molecule has 0 saturated carbocycles. The Morgan fingerprint density at radius 3 is 2.63 bits per heavy atom. The Balaban J connectivity index is 1.40. The third-order valence-corrected chi connectivity index (χ3v) is 4.69. The Bertz CT molecular complexity index is 895. The molecule has 27 heavy (non-hydrogen) atoms. The Kier molecular flexibility index (Phi) is 5.00. The van der Waals surface area contributed by atoms with Crippen LogP contribution < -0.4 is 5.32 Å². The SMILES string of the molecule is O=C(c1cccnc1)N1CCC(c2ccnc(Nc3ccccn3)n2)CC1. The number of anilines is 2. The van der Waals surface area contributed by atoms with Crippen molar-refractivity contribution < 1.29 is 4.79 Å². The molecular formula is C20H20N6O. The number of rotatable bonds is 4. The summed E-state index contributed by atoms with van der Waals surface area (Å²) in [5, 5.41) is 3.13. The minimum atomic E-state index is 0.0433. The zero-order valence-corrected chi connectivity index (χ0v) is 14.8. The molecular weight excluding hydrogens is 340 g/mol. The second-order valence-electron chi connectivity index (χ2n) is 6.45. The number of hydrogen-bond donors (Lipinski definition) is 1. The van der Waals surface area contributed by atoms with E-state index in [1.807, 2.05) is 29.2 Å². The number of carbonyl (C=O) groups excluding carboxylic acids is 1. The predicted octanol–water partition coefficient (Wildman–Crippen LogP) is 3.03. The summed E-state index contributed by atoms with van der Waals surface area (Å²) in [6.45, 7) is 1.43. The molecule has 1 aliphatic heterocycles. The van der Waals surface area contributed by atoms with Crippen LogP contribution in [0.15, 0.2) is 61.2 Å². The first-order valence-electron chi connectivity index (χ1n) is 9.00. The van der Waals surface area contributed by atoms with Crippen molar-refractivity contribution in [3.63, 3.8) is 0 Å². The average molecular weight is 360 g/mol. The summed E-state index contributed by atoms with van der Waals surface area (Å²) in [6.07, 6.45) is 8.54. The number of nitrogens with zero attached hydrogens (tertiary/aromatic N) is 5. The second-order valence-corrected chi connectivity index (χ2v) is 6.45. The third kappa shape index (κ3) is 4.08. The lowest BCUT2D eigenvalue weighted by atomic mass is 9.93. The molecule has 3 aromatic heterocycles. The van der Waals surface area contributed by atoms with Crippen molar-refractivity contribution in [2.45, 2.75) is 18.8 Å². The van der Waals surface area contributed by atoms with Crippen LogP contribution in [0, 0.1) is 0 Å². The van der Waals surface area contributed by atoms with Gasteiger partial charge in [-0.05, 0) is 43.2 Å². The first-order chi connectivity index (χ1) is 13.3. The fourth-order valence-corrected chi connectivity index (χ4v) is 3.26. The van der Waals surface area contributed by atoms with Gasteiger partial charge in [-0.25, -0.2) is 15.0 Å². The molecule has 0 unspecified atom stereocenters. The summed E-state index contributed by atoms with van der Waals surface area (Å²) in [7, 11) is 0. The minimum Gasteiger partial charge on any atom is -0.339 e. The van der Waals surface area contributed by atoms with Crippen molar-refractivity contribution >= 4 is 17.7 Å². The maximum Gasteiger partial charge on any atom is 0.255 e. The van der Waals surface area contributed by atoms with E-state index in [-0.39, 0.29) is 5.91 Å². The van der Waals surface area contributed by atoms with Gasteiger partial charge in [0.15, 0.2) is 0 Å². The Morgan fingerprint density at radius 2 is 1.89 bits per heavy atom. The van der Waals surface area contributed by atoms with Crippen molar-refractivity contribution in [2.24, 2.45) is 0 Å². The molecule has 0 radical (unpaired) electrons. The Labute approximate surface area is 157 Å². The van der Waals surface area contributed by atoms with E-state index >= 15 is 0 Å². The van der Waals surface area contributed by atoms with Crippen LogP contribution in [0.1, 0.15) is 34.8 Å². The van der Waals surface area contributed by atoms with Gasteiger partial charge < -0.3 is 10.2 Å². The summed E-state index contributed by atoms with van der Waals surface area (Å²) >= 11 is 0. The van der Waals surface area contributed by atoms with Gasteiger partial charge in [-0.3, -0.25) is 9.78 Å². The predicted molar refractivity (Wildman–Crippen MR) is 102 cm³/mol. The van der Waals surface area contributed by atoms with Gasteiger partial charge in [-0.1, -0.05) is 6.07 Å². The molecule has 1 amide bonds. The largest absolute Gasteiger partial charge is 0.339 e. The van der Waals surface area contributed by atoms with Crippen molar-refractivity contribution in [3.05, 3.63) is 72.4 Å². The molecule has 7 nitrogen and oxygen atoms in total. The maximum atomic E-state index is 12.5. The zero-order chi connectivity index (χ0) is 18.5. The molecule has 0 spiro atoms. The standard InChI is InChI=1S/C20H20N6O/c27-19(16-4-3-9-21-14-16)26-12-7-15(8-13-26)17-6-11-23-20(24-17)25-18-5-1-2-10-22-18/h1-6,9-11,14-15H,7-8,12-13H2,(H,22,23,24,25). The second kappa shape index (κ2) is 7.90. The fourth-order valence-electron chi connectivity index (χ4n) is 3.26. The van der Waals surface area contributed by atoms with E-state index in [4.69, 9.17) is 0 Å². The van der Waals surface area contributed by atoms with Gasteiger partial charge in [0, 0.05) is 49.5 Å². The number of likely N-dealkylation sites (tertiary alicyclic amines) is 1. The van der Waals surface area contributed by atoms with Gasteiger partial charge in [-0.2, -0.15) is 0 Å². The van der Waals surface area contributed by atoms with Crippen LogP contribution in [0.2, 0.25) is 0 Å². The van der Waals surface area contributed by atoms with Crippen molar-refractivity contribution in [1.82, 2.24) is 24.8 Å². The highest BCUT2D eigenvalue weighted by Gasteiger charge is 2.25. The van der Waals surface area contributed by atoms with Crippen LogP contribution in [0.5, 0.6) is 0 Å². The number of amides is 1. The molecule has 0 aliphatic carbocycles. The van der Waals surface area contributed by atoms with Crippen LogP contribution in [0.3, 0.4) is 0 Å². The van der Waals surface area contributed by atoms with Gasteiger partial charge in [-0.15, -0.1) is 0 Å². The molecule has 1 saturated heterocycles. The zero-order valence-electron chi connectivity index (χ0n) is 14.8. The van der Waals surface area contributed by atoms with Gasteiger partial charge in [0.25, 0.3) is 5.91 Å². The average Bonchev–Trinajstić information content (AvgIpc) is 2.75. The van der Waals surface area contributed by atoms with Crippen molar-refractivity contribution in [2.75, 3.05) is 18.4 Å². The lowest BCUT2D eigenvalue weighted by Crippen LogP contribution is -2.38. The van der Waals surface area contributed by atoms with Crippen LogP contribution >= 0.6 is 0 Å². The normalized spacial score (nSPS) is 14.7. The Morgan fingerprint density at radius 1 is 1.00 bits per heavy atom. The van der Waals surface area contributed by atoms with Crippen molar-refractivity contribution in [3.8, 4) is 0 Å². The molecule has 1 fully saturated rings. The lowest BCUT2D eigenvalue weighted by molar-refractivity contribution is 0.0711. The molecule has 0 aromatic carbocycles. The number of aromatic nitrogens is 4. The van der Waals surface area contributed by atoms with E-state index in [0.29, 0.717) is 36.3 Å². The van der Waals surface area contributed by atoms with Gasteiger partial charge >= 0.3 is 0 Å². The number of carbonyl (C=O) groups is 1. The molecule has 7 heteroatoms. The van der Waals surface area contributed by atoms with Crippen LogP contribution in [-0.2, 0) is 0 Å². The summed E-state index contributed by atoms with van der Waals surface area (Å²) in [5.41, 5.74) is 1.64. The van der Waals surface area contributed by atoms with E-state index in [1.165, 1.54) is 0 Å². The summed E-state index contributed by atoms with van der Waals surface area (Å²) < 4.78 is 0. The lowest BCUT2D eigenvalue weighted by Gasteiger charge is -2.31.